The summed E-state index contributed by atoms with van der Waals surface area (Å²) >= 11 is 1.38. The zero-order chi connectivity index (χ0) is 19.8. The van der Waals surface area contributed by atoms with Crippen LogP contribution in [0.5, 0.6) is 5.75 Å². The molecule has 0 aliphatic carbocycles. The molecule has 0 fully saturated rings. The maximum Gasteiger partial charge on any atom is 0.387 e. The van der Waals surface area contributed by atoms with Gasteiger partial charge in [-0.2, -0.15) is 8.78 Å². The maximum absolute atomic E-state index is 12.1. The van der Waals surface area contributed by atoms with E-state index in [0.29, 0.717) is 17.8 Å². The van der Waals surface area contributed by atoms with Crippen molar-refractivity contribution >= 4 is 23.2 Å². The Morgan fingerprint density at radius 1 is 1.22 bits per heavy atom. The second-order valence-electron chi connectivity index (χ2n) is 5.77. The minimum atomic E-state index is -2.86. The average Bonchev–Trinajstić information content (AvgIpc) is 3.01. The fourth-order valence-corrected chi connectivity index (χ4v) is 3.42. The third-order valence-corrected chi connectivity index (χ3v) is 5.12. The maximum atomic E-state index is 12.1. The van der Waals surface area contributed by atoms with Crippen molar-refractivity contribution in [3.05, 3.63) is 51.2 Å². The molecule has 146 valence electrons. The zero-order valence-electron chi connectivity index (χ0n) is 15.1. The van der Waals surface area contributed by atoms with Gasteiger partial charge in [-0.1, -0.05) is 19.1 Å². The van der Waals surface area contributed by atoms with Crippen molar-refractivity contribution in [2.24, 2.45) is 0 Å². The van der Waals surface area contributed by atoms with E-state index in [1.807, 2.05) is 13.8 Å². The van der Waals surface area contributed by atoms with Crippen LogP contribution in [0.2, 0.25) is 0 Å². The van der Waals surface area contributed by atoms with Crippen LogP contribution in [0.4, 0.5) is 8.78 Å². The van der Waals surface area contributed by atoms with Crippen molar-refractivity contribution in [1.82, 2.24) is 5.32 Å². The van der Waals surface area contributed by atoms with Crippen molar-refractivity contribution in [1.29, 1.82) is 0 Å². The van der Waals surface area contributed by atoms with Gasteiger partial charge in [-0.25, -0.2) is 4.79 Å². The lowest BCUT2D eigenvalue weighted by Crippen LogP contribution is -2.30. The molecule has 2 aromatic rings. The van der Waals surface area contributed by atoms with Gasteiger partial charge < -0.3 is 14.8 Å². The molecular formula is C19H21F2NO4S. The highest BCUT2D eigenvalue weighted by Gasteiger charge is 2.14. The molecule has 2 rings (SSSR count). The molecule has 1 aromatic carbocycles. The Morgan fingerprint density at radius 3 is 2.52 bits per heavy atom. The number of esters is 1. The number of carbonyl (C=O) groups is 2. The van der Waals surface area contributed by atoms with Crippen LogP contribution in [0.1, 0.15) is 32.6 Å². The Bertz CT molecular complexity index is 775. The molecule has 27 heavy (non-hydrogen) atoms. The minimum absolute atomic E-state index is 0.0831. The highest BCUT2D eigenvalue weighted by Crippen LogP contribution is 2.23. The molecule has 0 atom stereocenters. The molecule has 0 saturated carbocycles. The summed E-state index contributed by atoms with van der Waals surface area (Å²) in [5.41, 5.74) is 1.90. The summed E-state index contributed by atoms with van der Waals surface area (Å²) in [7, 11) is 0. The van der Waals surface area contributed by atoms with Crippen LogP contribution in [0.15, 0.2) is 30.3 Å². The molecular weight excluding hydrogens is 376 g/mol. The SMILES string of the molecule is CCc1sc(C(=O)OCC(=O)NCCc2ccc(OC(F)F)cc2)cc1C. The Hall–Kier alpha value is -2.48. The molecule has 1 heterocycles. The van der Waals surface area contributed by atoms with Crippen LogP contribution in [-0.2, 0) is 22.4 Å². The number of carbonyl (C=O) groups excluding carboxylic acids is 2. The Balaban J connectivity index is 1.70. The van der Waals surface area contributed by atoms with E-state index in [-0.39, 0.29) is 12.4 Å². The lowest BCUT2D eigenvalue weighted by Gasteiger charge is -2.07. The van der Waals surface area contributed by atoms with Gasteiger partial charge in [0.05, 0.1) is 0 Å². The van der Waals surface area contributed by atoms with Gasteiger partial charge in [-0.15, -0.1) is 11.3 Å². The molecule has 1 aromatic heterocycles. The first kappa shape index (κ1) is 20.8. The standard InChI is InChI=1S/C19H21F2NO4S/c1-3-15-12(2)10-16(27-15)18(24)25-11-17(23)22-9-8-13-4-6-14(7-5-13)26-19(20)21/h4-7,10,19H,3,8-9,11H2,1-2H3,(H,22,23). The quantitative estimate of drug-likeness (QED) is 0.655. The van der Waals surface area contributed by atoms with Crippen molar-refractivity contribution in [3.63, 3.8) is 0 Å². The number of rotatable bonds is 9. The van der Waals surface area contributed by atoms with Crippen molar-refractivity contribution < 1.29 is 27.8 Å². The summed E-state index contributed by atoms with van der Waals surface area (Å²) in [5.74, 6) is -0.822. The fraction of sp³-hybridized carbons (Fsp3) is 0.368. The molecule has 0 saturated heterocycles. The topological polar surface area (TPSA) is 64.6 Å². The number of hydrogen-bond donors (Lipinski definition) is 1. The van der Waals surface area contributed by atoms with Gasteiger partial charge in [0.2, 0.25) is 0 Å². The normalized spacial score (nSPS) is 10.7. The number of benzene rings is 1. The van der Waals surface area contributed by atoms with E-state index >= 15 is 0 Å². The first-order valence-corrected chi connectivity index (χ1v) is 9.27. The average molecular weight is 397 g/mol. The summed E-state index contributed by atoms with van der Waals surface area (Å²) in [6.07, 6.45) is 1.36. The van der Waals surface area contributed by atoms with Gasteiger partial charge in [0.25, 0.3) is 5.91 Å². The fourth-order valence-electron chi connectivity index (χ4n) is 2.41. The number of thiophene rings is 1. The number of aryl methyl sites for hydroxylation is 2. The van der Waals surface area contributed by atoms with Crippen LogP contribution in [0.25, 0.3) is 0 Å². The molecule has 1 N–H and O–H groups in total. The summed E-state index contributed by atoms with van der Waals surface area (Å²) in [6, 6.07) is 7.95. The van der Waals surface area contributed by atoms with Gasteiger partial charge in [0, 0.05) is 11.4 Å². The van der Waals surface area contributed by atoms with E-state index in [4.69, 9.17) is 4.74 Å². The summed E-state index contributed by atoms with van der Waals surface area (Å²) in [5, 5.41) is 2.65. The molecule has 5 nitrogen and oxygen atoms in total. The minimum Gasteiger partial charge on any atom is -0.451 e. The highest BCUT2D eigenvalue weighted by molar-refractivity contribution is 7.14. The second-order valence-corrected chi connectivity index (χ2v) is 6.91. The summed E-state index contributed by atoms with van der Waals surface area (Å²) in [4.78, 5) is 25.4. The third-order valence-electron chi connectivity index (χ3n) is 3.76. The smallest absolute Gasteiger partial charge is 0.387 e. The van der Waals surface area contributed by atoms with Crippen LogP contribution < -0.4 is 10.1 Å². The van der Waals surface area contributed by atoms with Gasteiger partial charge in [0.1, 0.15) is 10.6 Å². The summed E-state index contributed by atoms with van der Waals surface area (Å²) in [6.45, 7) is 1.08. The molecule has 0 unspecified atom stereocenters. The highest BCUT2D eigenvalue weighted by atomic mass is 32.1. The number of hydrogen-bond acceptors (Lipinski definition) is 5. The predicted molar refractivity (Wildman–Crippen MR) is 98.5 cm³/mol. The predicted octanol–water partition coefficient (Wildman–Crippen LogP) is 3.74. The van der Waals surface area contributed by atoms with E-state index in [2.05, 4.69) is 10.1 Å². The zero-order valence-corrected chi connectivity index (χ0v) is 15.9. The third kappa shape index (κ3) is 6.63. The molecule has 0 aliphatic heterocycles. The lowest BCUT2D eigenvalue weighted by atomic mass is 10.1. The van der Waals surface area contributed by atoms with Crippen LogP contribution in [-0.4, -0.2) is 31.6 Å². The van der Waals surface area contributed by atoms with E-state index in [0.717, 1.165) is 22.4 Å². The van der Waals surface area contributed by atoms with Crippen LogP contribution >= 0.6 is 11.3 Å². The molecule has 0 aliphatic rings. The number of alkyl halides is 2. The molecule has 1 amide bonds. The van der Waals surface area contributed by atoms with Gasteiger partial charge in [0.15, 0.2) is 6.61 Å². The van der Waals surface area contributed by atoms with E-state index in [1.165, 1.54) is 23.5 Å². The van der Waals surface area contributed by atoms with Gasteiger partial charge in [-0.3, -0.25) is 4.79 Å². The van der Waals surface area contributed by atoms with Crippen LogP contribution in [0.3, 0.4) is 0 Å². The van der Waals surface area contributed by atoms with E-state index in [1.54, 1.807) is 18.2 Å². The Labute approximate surface area is 160 Å². The number of halogens is 2. The molecule has 0 spiro atoms. The molecule has 8 heteroatoms. The van der Waals surface area contributed by atoms with Crippen molar-refractivity contribution in [2.45, 2.75) is 33.3 Å². The number of amides is 1. The Kier molecular flexibility index (Phi) is 7.72. The first-order chi connectivity index (χ1) is 12.9. The van der Waals surface area contributed by atoms with Crippen LogP contribution in [0, 0.1) is 6.92 Å². The summed E-state index contributed by atoms with van der Waals surface area (Å²) < 4.78 is 33.5. The lowest BCUT2D eigenvalue weighted by molar-refractivity contribution is -0.124. The van der Waals surface area contributed by atoms with Crippen molar-refractivity contribution in [2.75, 3.05) is 13.2 Å². The monoisotopic (exact) mass is 397 g/mol. The number of ether oxygens (including phenoxy) is 2. The van der Waals surface area contributed by atoms with E-state index in [9.17, 15) is 18.4 Å². The number of nitrogens with one attached hydrogen (secondary N) is 1. The van der Waals surface area contributed by atoms with E-state index < -0.39 is 18.5 Å². The Morgan fingerprint density at radius 2 is 1.93 bits per heavy atom. The van der Waals surface area contributed by atoms with Crippen molar-refractivity contribution in [3.8, 4) is 5.75 Å². The second kappa shape index (κ2) is 10.0. The molecule has 0 bridgehead atoms. The molecule has 0 radical (unpaired) electrons. The van der Waals surface area contributed by atoms with Gasteiger partial charge in [-0.05, 0) is 49.1 Å². The first-order valence-electron chi connectivity index (χ1n) is 8.46. The van der Waals surface area contributed by atoms with Gasteiger partial charge >= 0.3 is 12.6 Å². The largest absolute Gasteiger partial charge is 0.451 e.